The molecular formula is C12H15NO5. The standard InChI is InChI=1S/C12H15NO5/c1-2-18-10-6-4-3-5-8(10)13-9(12(16)17)7-11(14)15/h3-6,9,13H,2,7H2,1H3,(H,14,15)(H,16,17). The summed E-state index contributed by atoms with van der Waals surface area (Å²) in [6, 6.07) is 5.60. The lowest BCUT2D eigenvalue weighted by Gasteiger charge is -2.16. The molecule has 3 N–H and O–H groups in total. The zero-order valence-electron chi connectivity index (χ0n) is 9.92. The van der Waals surface area contributed by atoms with Crippen LogP contribution in [0.3, 0.4) is 0 Å². The van der Waals surface area contributed by atoms with Gasteiger partial charge in [-0.15, -0.1) is 0 Å². The van der Waals surface area contributed by atoms with E-state index in [1.54, 1.807) is 24.3 Å². The van der Waals surface area contributed by atoms with Crippen molar-refractivity contribution in [3.8, 4) is 5.75 Å². The van der Waals surface area contributed by atoms with Crippen LogP contribution in [0.25, 0.3) is 0 Å². The average Bonchev–Trinajstić information content (AvgIpc) is 2.30. The molecule has 0 amide bonds. The van der Waals surface area contributed by atoms with Crippen LogP contribution < -0.4 is 10.1 Å². The number of carboxylic acids is 2. The Hall–Kier alpha value is -2.24. The van der Waals surface area contributed by atoms with Gasteiger partial charge in [0.2, 0.25) is 0 Å². The summed E-state index contributed by atoms with van der Waals surface area (Å²) in [4.78, 5) is 21.5. The van der Waals surface area contributed by atoms with E-state index in [-0.39, 0.29) is 0 Å². The van der Waals surface area contributed by atoms with Gasteiger partial charge in [0.05, 0.1) is 18.7 Å². The molecule has 1 rings (SSSR count). The van der Waals surface area contributed by atoms with Crippen molar-refractivity contribution in [1.29, 1.82) is 0 Å². The Morgan fingerprint density at radius 2 is 2.00 bits per heavy atom. The minimum absolute atomic E-state index is 0.440. The molecule has 0 aromatic heterocycles. The Balaban J connectivity index is 2.86. The van der Waals surface area contributed by atoms with Gasteiger partial charge in [-0.2, -0.15) is 0 Å². The Kier molecular flexibility index (Phi) is 4.98. The first-order valence-corrected chi connectivity index (χ1v) is 5.47. The van der Waals surface area contributed by atoms with E-state index in [0.717, 1.165) is 0 Å². The first-order chi connectivity index (χ1) is 8.54. The molecule has 0 bridgehead atoms. The molecule has 0 fully saturated rings. The van der Waals surface area contributed by atoms with Crippen molar-refractivity contribution < 1.29 is 24.5 Å². The molecular weight excluding hydrogens is 238 g/mol. The summed E-state index contributed by atoms with van der Waals surface area (Å²) >= 11 is 0. The Morgan fingerprint density at radius 1 is 1.33 bits per heavy atom. The van der Waals surface area contributed by atoms with E-state index in [1.807, 2.05) is 6.92 Å². The molecule has 0 aliphatic carbocycles. The lowest BCUT2D eigenvalue weighted by Crippen LogP contribution is -2.31. The van der Waals surface area contributed by atoms with Crippen molar-refractivity contribution >= 4 is 17.6 Å². The molecule has 6 heteroatoms. The Bertz CT molecular complexity index is 432. The van der Waals surface area contributed by atoms with Crippen LogP contribution in [0.4, 0.5) is 5.69 Å². The van der Waals surface area contributed by atoms with Gasteiger partial charge in [-0.1, -0.05) is 12.1 Å². The number of carboxylic acid groups (broad SMARTS) is 2. The van der Waals surface area contributed by atoms with Crippen molar-refractivity contribution in [1.82, 2.24) is 0 Å². The zero-order valence-corrected chi connectivity index (χ0v) is 9.92. The molecule has 1 aromatic rings. The maximum absolute atomic E-state index is 10.9. The van der Waals surface area contributed by atoms with Gasteiger partial charge in [-0.05, 0) is 19.1 Å². The number of anilines is 1. The predicted molar refractivity (Wildman–Crippen MR) is 64.9 cm³/mol. The summed E-state index contributed by atoms with van der Waals surface area (Å²) in [5, 5.41) is 20.2. The van der Waals surface area contributed by atoms with Crippen molar-refractivity contribution in [3.63, 3.8) is 0 Å². The zero-order chi connectivity index (χ0) is 13.5. The van der Waals surface area contributed by atoms with Crippen LogP contribution in [0.2, 0.25) is 0 Å². The van der Waals surface area contributed by atoms with Crippen LogP contribution in [0.1, 0.15) is 13.3 Å². The molecule has 0 spiro atoms. The smallest absolute Gasteiger partial charge is 0.326 e. The van der Waals surface area contributed by atoms with Crippen LogP contribution in [0.15, 0.2) is 24.3 Å². The number of aliphatic carboxylic acids is 2. The number of nitrogens with one attached hydrogen (secondary N) is 1. The molecule has 1 aromatic carbocycles. The highest BCUT2D eigenvalue weighted by atomic mass is 16.5. The minimum Gasteiger partial charge on any atom is -0.492 e. The third-order valence-corrected chi connectivity index (χ3v) is 2.19. The molecule has 1 unspecified atom stereocenters. The van der Waals surface area contributed by atoms with Crippen LogP contribution in [-0.2, 0) is 9.59 Å². The van der Waals surface area contributed by atoms with Gasteiger partial charge in [0.15, 0.2) is 0 Å². The molecule has 18 heavy (non-hydrogen) atoms. The van der Waals surface area contributed by atoms with Crippen molar-refractivity contribution in [2.24, 2.45) is 0 Å². The monoisotopic (exact) mass is 253 g/mol. The average molecular weight is 253 g/mol. The fourth-order valence-electron chi connectivity index (χ4n) is 1.43. The quantitative estimate of drug-likeness (QED) is 0.680. The summed E-state index contributed by atoms with van der Waals surface area (Å²) in [5.41, 5.74) is 0.466. The second-order valence-electron chi connectivity index (χ2n) is 3.56. The SMILES string of the molecule is CCOc1ccccc1NC(CC(=O)O)C(=O)O. The topological polar surface area (TPSA) is 95.9 Å². The maximum Gasteiger partial charge on any atom is 0.326 e. The molecule has 1 atom stereocenters. The van der Waals surface area contributed by atoms with Gasteiger partial charge >= 0.3 is 11.9 Å². The number of hydrogen-bond acceptors (Lipinski definition) is 4. The van der Waals surface area contributed by atoms with Crippen LogP contribution in [0.5, 0.6) is 5.75 Å². The second-order valence-corrected chi connectivity index (χ2v) is 3.56. The molecule has 0 radical (unpaired) electrons. The third-order valence-electron chi connectivity index (χ3n) is 2.19. The lowest BCUT2D eigenvalue weighted by atomic mass is 10.2. The fraction of sp³-hybridized carbons (Fsp3) is 0.333. The summed E-state index contributed by atoms with van der Waals surface area (Å²) < 4.78 is 5.32. The van der Waals surface area contributed by atoms with Crippen LogP contribution >= 0.6 is 0 Å². The summed E-state index contributed by atoms with van der Waals surface area (Å²) in [5.74, 6) is -1.90. The van der Waals surface area contributed by atoms with Crippen molar-refractivity contribution in [2.75, 3.05) is 11.9 Å². The van der Waals surface area contributed by atoms with Gasteiger partial charge in [-0.3, -0.25) is 4.79 Å². The van der Waals surface area contributed by atoms with Gasteiger partial charge in [0, 0.05) is 0 Å². The molecule has 0 heterocycles. The molecule has 6 nitrogen and oxygen atoms in total. The lowest BCUT2D eigenvalue weighted by molar-refractivity contribution is -0.144. The van der Waals surface area contributed by atoms with E-state index in [0.29, 0.717) is 18.0 Å². The number of hydrogen-bond donors (Lipinski definition) is 3. The van der Waals surface area contributed by atoms with Gasteiger partial charge in [-0.25, -0.2) is 4.79 Å². The van der Waals surface area contributed by atoms with Crippen LogP contribution in [-0.4, -0.2) is 34.8 Å². The number of benzene rings is 1. The number of para-hydroxylation sites is 2. The Morgan fingerprint density at radius 3 is 2.56 bits per heavy atom. The minimum atomic E-state index is -1.22. The normalized spacial score (nSPS) is 11.6. The van der Waals surface area contributed by atoms with E-state index >= 15 is 0 Å². The van der Waals surface area contributed by atoms with E-state index < -0.39 is 24.4 Å². The first-order valence-electron chi connectivity index (χ1n) is 5.47. The predicted octanol–water partition coefficient (Wildman–Crippen LogP) is 1.43. The number of rotatable bonds is 7. The van der Waals surface area contributed by atoms with Crippen LogP contribution in [0, 0.1) is 0 Å². The number of ether oxygens (including phenoxy) is 1. The summed E-state index contributed by atoms with van der Waals surface area (Å²) in [6.07, 6.45) is -0.504. The van der Waals surface area contributed by atoms with Gasteiger partial charge < -0.3 is 20.3 Å². The molecule has 0 aliphatic heterocycles. The summed E-state index contributed by atoms with van der Waals surface area (Å²) in [7, 11) is 0. The fourth-order valence-corrected chi connectivity index (χ4v) is 1.43. The molecule has 0 saturated carbocycles. The summed E-state index contributed by atoms with van der Waals surface area (Å²) in [6.45, 7) is 2.25. The molecule has 0 aliphatic rings. The highest BCUT2D eigenvalue weighted by Gasteiger charge is 2.21. The van der Waals surface area contributed by atoms with E-state index in [4.69, 9.17) is 14.9 Å². The van der Waals surface area contributed by atoms with E-state index in [9.17, 15) is 9.59 Å². The maximum atomic E-state index is 10.9. The highest BCUT2D eigenvalue weighted by Crippen LogP contribution is 2.24. The second kappa shape index (κ2) is 6.48. The largest absolute Gasteiger partial charge is 0.492 e. The van der Waals surface area contributed by atoms with Crippen molar-refractivity contribution in [2.45, 2.75) is 19.4 Å². The first kappa shape index (κ1) is 13.8. The van der Waals surface area contributed by atoms with Crippen molar-refractivity contribution in [3.05, 3.63) is 24.3 Å². The number of carbonyl (C=O) groups is 2. The van der Waals surface area contributed by atoms with E-state index in [2.05, 4.69) is 5.32 Å². The third kappa shape index (κ3) is 3.97. The van der Waals surface area contributed by atoms with Gasteiger partial charge in [0.1, 0.15) is 11.8 Å². The molecule has 98 valence electrons. The molecule has 0 saturated heterocycles. The Labute approximate surface area is 104 Å². The van der Waals surface area contributed by atoms with Gasteiger partial charge in [0.25, 0.3) is 0 Å². The van der Waals surface area contributed by atoms with E-state index in [1.165, 1.54) is 0 Å². The highest BCUT2D eigenvalue weighted by molar-refractivity contribution is 5.84.